The minimum absolute atomic E-state index is 0.184. The summed E-state index contributed by atoms with van der Waals surface area (Å²) in [7, 11) is -3.05. The summed E-state index contributed by atoms with van der Waals surface area (Å²) in [4.78, 5) is 14.6. The Labute approximate surface area is 191 Å². The molecule has 33 heavy (non-hydrogen) atoms. The molecule has 0 amide bonds. The van der Waals surface area contributed by atoms with E-state index in [1.807, 2.05) is 72.8 Å². The van der Waals surface area contributed by atoms with Crippen molar-refractivity contribution in [2.75, 3.05) is 4.90 Å². The van der Waals surface area contributed by atoms with Crippen molar-refractivity contribution < 1.29 is 18.1 Å². The van der Waals surface area contributed by atoms with E-state index in [2.05, 4.69) is 4.90 Å². The average molecular weight is 439 g/mol. The lowest BCUT2D eigenvalue weighted by molar-refractivity contribution is 0.104. The van der Waals surface area contributed by atoms with Crippen LogP contribution in [0.3, 0.4) is 0 Å². The maximum Gasteiger partial charge on any atom is 0.796 e. The predicted molar refractivity (Wildman–Crippen MR) is 129 cm³/mol. The SMILES string of the molecule is O=C(/C=C(\OB(F)F)c1ccc(N(c2ccccc2)c2ccccc2)cc1)c1ccccc1. The normalized spacial score (nSPS) is 11.0. The molecule has 0 aliphatic heterocycles. The Kier molecular flexibility index (Phi) is 6.95. The van der Waals surface area contributed by atoms with Crippen molar-refractivity contribution in [2.45, 2.75) is 0 Å². The topological polar surface area (TPSA) is 29.5 Å². The first-order chi connectivity index (χ1) is 16.1. The number of carbonyl (C=O) groups is 1. The molecule has 162 valence electrons. The third-order valence-corrected chi connectivity index (χ3v) is 4.98. The number of rotatable bonds is 8. The zero-order valence-corrected chi connectivity index (χ0v) is 17.6. The molecule has 0 unspecified atom stereocenters. The fourth-order valence-electron chi connectivity index (χ4n) is 3.46. The number of halogens is 2. The molecule has 4 rings (SSSR count). The number of para-hydroxylation sites is 2. The van der Waals surface area contributed by atoms with Crippen molar-refractivity contribution in [1.82, 2.24) is 0 Å². The van der Waals surface area contributed by atoms with Gasteiger partial charge in [-0.05, 0) is 48.5 Å². The molecule has 0 aliphatic rings. The Morgan fingerprint density at radius 1 is 0.636 bits per heavy atom. The number of hydrogen-bond donors (Lipinski definition) is 0. The zero-order valence-electron chi connectivity index (χ0n) is 17.6. The van der Waals surface area contributed by atoms with Gasteiger partial charge in [-0.15, -0.1) is 0 Å². The Hall–Kier alpha value is -4.19. The van der Waals surface area contributed by atoms with E-state index in [9.17, 15) is 13.4 Å². The van der Waals surface area contributed by atoms with E-state index in [-0.39, 0.29) is 5.76 Å². The molecule has 0 bridgehead atoms. The monoisotopic (exact) mass is 439 g/mol. The first-order valence-corrected chi connectivity index (χ1v) is 10.4. The van der Waals surface area contributed by atoms with Crippen LogP contribution in [-0.2, 0) is 4.65 Å². The summed E-state index contributed by atoms with van der Waals surface area (Å²) in [5.41, 5.74) is 3.51. The molecular formula is C27H20BF2NO2. The molecular weight excluding hydrogens is 419 g/mol. The van der Waals surface area contributed by atoms with E-state index in [1.165, 1.54) is 0 Å². The standard InChI is InChI=1S/C27H20BF2NO2/c29-28(30)33-27(20-26(32)21-10-4-1-5-11-21)22-16-18-25(19-17-22)31(23-12-6-2-7-13-23)24-14-8-3-9-15-24/h1-20H/b27-20-. The van der Waals surface area contributed by atoms with Gasteiger partial charge in [-0.2, -0.15) is 0 Å². The summed E-state index contributed by atoms with van der Waals surface area (Å²) >= 11 is 0. The fourth-order valence-corrected chi connectivity index (χ4v) is 3.46. The van der Waals surface area contributed by atoms with E-state index in [1.54, 1.807) is 42.5 Å². The van der Waals surface area contributed by atoms with Gasteiger partial charge in [-0.1, -0.05) is 66.7 Å². The van der Waals surface area contributed by atoms with Gasteiger partial charge in [-0.3, -0.25) is 4.79 Å². The van der Waals surface area contributed by atoms with Gasteiger partial charge in [0.1, 0.15) is 5.76 Å². The second kappa shape index (κ2) is 10.4. The van der Waals surface area contributed by atoms with Gasteiger partial charge in [-0.25, -0.2) is 8.63 Å². The van der Waals surface area contributed by atoms with Gasteiger partial charge in [0.15, 0.2) is 5.78 Å². The molecule has 0 N–H and O–H groups in total. The summed E-state index contributed by atoms with van der Waals surface area (Å²) < 4.78 is 30.9. The fraction of sp³-hybridized carbons (Fsp3) is 0. The maximum absolute atomic E-state index is 13.1. The van der Waals surface area contributed by atoms with Crippen LogP contribution in [0.5, 0.6) is 0 Å². The number of hydrogen-bond acceptors (Lipinski definition) is 3. The number of benzene rings is 4. The zero-order chi connectivity index (χ0) is 23.0. The third-order valence-electron chi connectivity index (χ3n) is 4.98. The molecule has 3 nitrogen and oxygen atoms in total. The first-order valence-electron chi connectivity index (χ1n) is 10.4. The van der Waals surface area contributed by atoms with E-state index in [4.69, 9.17) is 4.65 Å². The van der Waals surface area contributed by atoms with Crippen molar-refractivity contribution >= 4 is 36.1 Å². The maximum atomic E-state index is 13.1. The van der Waals surface area contributed by atoms with Crippen LogP contribution in [0.15, 0.2) is 121 Å². The van der Waals surface area contributed by atoms with Crippen LogP contribution in [-0.4, -0.2) is 13.3 Å². The van der Waals surface area contributed by atoms with Crippen LogP contribution in [0.25, 0.3) is 5.76 Å². The van der Waals surface area contributed by atoms with Crippen molar-refractivity contribution in [2.24, 2.45) is 0 Å². The molecule has 0 spiro atoms. The van der Waals surface area contributed by atoms with Crippen molar-refractivity contribution in [3.8, 4) is 0 Å². The van der Waals surface area contributed by atoms with E-state index >= 15 is 0 Å². The summed E-state index contributed by atoms with van der Waals surface area (Å²) in [6.45, 7) is 0. The lowest BCUT2D eigenvalue weighted by Gasteiger charge is -2.25. The smallest absolute Gasteiger partial charge is 0.505 e. The quantitative estimate of drug-likeness (QED) is 0.125. The Balaban J connectivity index is 1.69. The van der Waals surface area contributed by atoms with Crippen LogP contribution in [0, 0.1) is 0 Å². The molecule has 6 heteroatoms. The molecule has 4 aromatic rings. The highest BCUT2D eigenvalue weighted by atomic mass is 19.2. The molecule has 0 radical (unpaired) electrons. The minimum Gasteiger partial charge on any atom is -0.505 e. The molecule has 0 fully saturated rings. The Morgan fingerprint density at radius 2 is 1.09 bits per heavy atom. The van der Waals surface area contributed by atoms with Crippen molar-refractivity contribution in [1.29, 1.82) is 0 Å². The number of allylic oxidation sites excluding steroid dienone is 1. The average Bonchev–Trinajstić information content (AvgIpc) is 2.86. The minimum atomic E-state index is -3.05. The second-order valence-corrected chi connectivity index (χ2v) is 7.17. The largest absolute Gasteiger partial charge is 0.796 e. The highest BCUT2D eigenvalue weighted by Gasteiger charge is 2.22. The Bertz CT molecular complexity index is 1180. The van der Waals surface area contributed by atoms with Crippen LogP contribution in [0.4, 0.5) is 25.7 Å². The van der Waals surface area contributed by atoms with E-state index in [0.717, 1.165) is 23.1 Å². The molecule has 0 saturated heterocycles. The van der Waals surface area contributed by atoms with E-state index < -0.39 is 13.3 Å². The van der Waals surface area contributed by atoms with Crippen molar-refractivity contribution in [3.05, 3.63) is 132 Å². The highest BCUT2D eigenvalue weighted by molar-refractivity contribution is 6.36. The number of ketones is 1. The summed E-state index contributed by atoms with van der Waals surface area (Å²) in [5, 5.41) is 0. The molecule has 0 saturated carbocycles. The van der Waals surface area contributed by atoms with Crippen LogP contribution >= 0.6 is 0 Å². The first kappa shape index (κ1) is 22.0. The highest BCUT2D eigenvalue weighted by Crippen LogP contribution is 2.34. The van der Waals surface area contributed by atoms with E-state index in [0.29, 0.717) is 11.1 Å². The van der Waals surface area contributed by atoms with Gasteiger partial charge in [0.05, 0.1) is 0 Å². The van der Waals surface area contributed by atoms with Gasteiger partial charge in [0.2, 0.25) is 0 Å². The third kappa shape index (κ3) is 5.55. The Morgan fingerprint density at radius 3 is 1.58 bits per heavy atom. The lowest BCUT2D eigenvalue weighted by atomic mass is 10.1. The van der Waals surface area contributed by atoms with Crippen LogP contribution in [0.2, 0.25) is 0 Å². The number of nitrogens with zero attached hydrogens (tertiary/aromatic N) is 1. The van der Waals surface area contributed by atoms with Crippen LogP contribution in [0.1, 0.15) is 15.9 Å². The second-order valence-electron chi connectivity index (χ2n) is 7.17. The lowest BCUT2D eigenvalue weighted by Crippen LogP contribution is -2.10. The molecule has 0 atom stereocenters. The summed E-state index contributed by atoms with van der Waals surface area (Å²) in [6.07, 6.45) is 1.10. The summed E-state index contributed by atoms with van der Waals surface area (Å²) in [5.74, 6) is -0.595. The van der Waals surface area contributed by atoms with Gasteiger partial charge < -0.3 is 9.55 Å². The molecule has 0 aromatic heterocycles. The molecule has 0 heterocycles. The number of anilines is 3. The number of carbonyl (C=O) groups excluding carboxylic acids is 1. The summed E-state index contributed by atoms with van der Waals surface area (Å²) in [6, 6.07) is 35.1. The molecule has 4 aromatic carbocycles. The van der Waals surface area contributed by atoms with Crippen LogP contribution < -0.4 is 4.90 Å². The predicted octanol–water partition coefficient (Wildman–Crippen LogP) is 7.32. The van der Waals surface area contributed by atoms with Gasteiger partial charge in [0.25, 0.3) is 0 Å². The molecule has 0 aliphatic carbocycles. The van der Waals surface area contributed by atoms with Gasteiger partial charge in [0, 0.05) is 34.3 Å². The van der Waals surface area contributed by atoms with Gasteiger partial charge >= 0.3 is 7.47 Å². The van der Waals surface area contributed by atoms with Crippen molar-refractivity contribution in [3.63, 3.8) is 0 Å².